The van der Waals surface area contributed by atoms with Gasteiger partial charge in [-0.15, -0.1) is 0 Å². The molecule has 1 aliphatic carbocycles. The predicted octanol–water partition coefficient (Wildman–Crippen LogP) is 1.51. The molecule has 19 heavy (non-hydrogen) atoms. The molecule has 1 rings (SSSR count). The van der Waals surface area contributed by atoms with Crippen LogP contribution in [0.4, 0.5) is 0 Å². The molecule has 0 spiro atoms. The van der Waals surface area contributed by atoms with Crippen LogP contribution in [0.1, 0.15) is 52.9 Å². The van der Waals surface area contributed by atoms with Crippen molar-refractivity contribution in [3.8, 4) is 0 Å². The normalized spacial score (nSPS) is 19.4. The monoisotopic (exact) mass is 270 g/mol. The van der Waals surface area contributed by atoms with Gasteiger partial charge in [-0.3, -0.25) is 9.59 Å². The van der Waals surface area contributed by atoms with Crippen molar-refractivity contribution in [2.24, 2.45) is 17.1 Å². The van der Waals surface area contributed by atoms with Gasteiger partial charge in [-0.2, -0.15) is 0 Å². The van der Waals surface area contributed by atoms with Crippen LogP contribution in [0.25, 0.3) is 0 Å². The largest absolute Gasteiger partial charge is 0.481 e. The van der Waals surface area contributed by atoms with Gasteiger partial charge in [0.2, 0.25) is 5.91 Å². The van der Waals surface area contributed by atoms with Gasteiger partial charge in [0.25, 0.3) is 0 Å². The minimum Gasteiger partial charge on any atom is -0.481 e. The molecule has 0 heterocycles. The lowest BCUT2D eigenvalue weighted by atomic mass is 9.73. The smallest absolute Gasteiger partial charge is 0.305 e. The summed E-state index contributed by atoms with van der Waals surface area (Å²) in [4.78, 5) is 23.1. The number of nitrogens with two attached hydrogens (primary N) is 1. The quantitative estimate of drug-likeness (QED) is 0.682. The number of aliphatic carboxylic acids is 1. The topological polar surface area (TPSA) is 92.4 Å². The van der Waals surface area contributed by atoms with Crippen molar-refractivity contribution >= 4 is 11.9 Å². The molecule has 4 N–H and O–H groups in total. The van der Waals surface area contributed by atoms with Crippen molar-refractivity contribution in [3.63, 3.8) is 0 Å². The Morgan fingerprint density at radius 1 is 1.37 bits per heavy atom. The van der Waals surface area contributed by atoms with Crippen LogP contribution < -0.4 is 11.1 Å². The van der Waals surface area contributed by atoms with Crippen LogP contribution in [0.3, 0.4) is 0 Å². The molecular weight excluding hydrogens is 244 g/mol. The van der Waals surface area contributed by atoms with Gasteiger partial charge < -0.3 is 16.2 Å². The number of carboxylic acid groups (broad SMARTS) is 1. The molecular formula is C14H26N2O3. The maximum atomic E-state index is 12.3. The first-order chi connectivity index (χ1) is 8.67. The lowest BCUT2D eigenvalue weighted by Gasteiger charge is -2.42. The van der Waals surface area contributed by atoms with E-state index in [1.165, 1.54) is 0 Å². The highest BCUT2D eigenvalue weighted by molar-refractivity contribution is 5.81. The minimum atomic E-state index is -0.861. The van der Waals surface area contributed by atoms with E-state index in [0.717, 1.165) is 19.3 Å². The molecule has 110 valence electrons. The lowest BCUT2D eigenvalue weighted by Crippen LogP contribution is -2.56. The summed E-state index contributed by atoms with van der Waals surface area (Å²) in [5.41, 5.74) is 5.18. The van der Waals surface area contributed by atoms with Gasteiger partial charge in [-0.25, -0.2) is 0 Å². The molecule has 0 saturated heterocycles. The molecule has 1 atom stereocenters. The van der Waals surface area contributed by atoms with Gasteiger partial charge >= 0.3 is 5.97 Å². The fourth-order valence-corrected chi connectivity index (χ4v) is 2.62. The van der Waals surface area contributed by atoms with E-state index >= 15 is 0 Å². The van der Waals surface area contributed by atoms with Crippen molar-refractivity contribution in [1.82, 2.24) is 5.32 Å². The summed E-state index contributed by atoms with van der Waals surface area (Å²) in [6.45, 7) is 6.50. The number of carbonyl (C=O) groups is 2. The molecule has 1 saturated carbocycles. The van der Waals surface area contributed by atoms with Crippen molar-refractivity contribution in [2.45, 2.75) is 58.4 Å². The highest BCUT2D eigenvalue weighted by atomic mass is 16.4. The zero-order chi connectivity index (χ0) is 14.7. The van der Waals surface area contributed by atoms with Gasteiger partial charge in [-0.05, 0) is 31.1 Å². The van der Waals surface area contributed by atoms with Crippen LogP contribution in [0.5, 0.6) is 0 Å². The summed E-state index contributed by atoms with van der Waals surface area (Å²) in [6.07, 6.45) is 3.18. The Labute approximate surface area is 114 Å². The first kappa shape index (κ1) is 16.0. The number of hydrogen-bond acceptors (Lipinski definition) is 3. The molecule has 0 aromatic carbocycles. The van der Waals surface area contributed by atoms with Gasteiger partial charge in [-0.1, -0.05) is 20.8 Å². The van der Waals surface area contributed by atoms with Crippen LogP contribution >= 0.6 is 0 Å². The van der Waals surface area contributed by atoms with Crippen LogP contribution in [-0.2, 0) is 9.59 Å². The highest BCUT2D eigenvalue weighted by Crippen LogP contribution is 2.35. The lowest BCUT2D eigenvalue weighted by molar-refractivity contribution is -0.141. The molecule has 0 radical (unpaired) electrons. The Balaban J connectivity index is 2.63. The first-order valence-electron chi connectivity index (χ1n) is 6.91. The zero-order valence-corrected chi connectivity index (χ0v) is 12.2. The third-order valence-corrected chi connectivity index (χ3v) is 3.70. The van der Waals surface area contributed by atoms with E-state index in [1.807, 2.05) is 0 Å². The summed E-state index contributed by atoms with van der Waals surface area (Å²) in [7, 11) is 0. The third-order valence-electron chi connectivity index (χ3n) is 3.70. The molecule has 1 unspecified atom stereocenters. The molecule has 5 nitrogen and oxygen atoms in total. The molecule has 5 heteroatoms. The second-order valence-corrected chi connectivity index (χ2v) is 6.89. The van der Waals surface area contributed by atoms with Crippen LogP contribution in [0.15, 0.2) is 0 Å². The van der Waals surface area contributed by atoms with Gasteiger partial charge in [0.1, 0.15) is 0 Å². The number of hydrogen-bond donors (Lipinski definition) is 3. The van der Waals surface area contributed by atoms with Crippen LogP contribution in [-0.4, -0.2) is 29.1 Å². The highest BCUT2D eigenvalue weighted by Gasteiger charge is 2.41. The molecule has 0 aromatic heterocycles. The van der Waals surface area contributed by atoms with E-state index in [-0.39, 0.29) is 23.7 Å². The molecule has 0 aliphatic heterocycles. The van der Waals surface area contributed by atoms with E-state index in [4.69, 9.17) is 10.8 Å². The number of carboxylic acids is 1. The Morgan fingerprint density at radius 3 is 2.26 bits per heavy atom. The van der Waals surface area contributed by atoms with E-state index in [1.54, 1.807) is 0 Å². The van der Waals surface area contributed by atoms with E-state index in [0.29, 0.717) is 13.0 Å². The van der Waals surface area contributed by atoms with Gasteiger partial charge in [0.05, 0.1) is 17.9 Å². The van der Waals surface area contributed by atoms with Crippen LogP contribution in [0.2, 0.25) is 0 Å². The Morgan fingerprint density at radius 2 is 1.95 bits per heavy atom. The molecule has 1 aliphatic rings. The summed E-state index contributed by atoms with van der Waals surface area (Å²) >= 11 is 0. The van der Waals surface area contributed by atoms with Crippen molar-refractivity contribution < 1.29 is 14.7 Å². The first-order valence-corrected chi connectivity index (χ1v) is 6.91. The summed E-state index contributed by atoms with van der Waals surface area (Å²) in [5.74, 6) is -1.20. The summed E-state index contributed by atoms with van der Waals surface area (Å²) in [5, 5.41) is 11.9. The zero-order valence-electron chi connectivity index (χ0n) is 12.2. The van der Waals surface area contributed by atoms with Crippen LogP contribution in [0, 0.1) is 11.3 Å². The second-order valence-electron chi connectivity index (χ2n) is 6.89. The number of carbonyl (C=O) groups excluding carboxylic acids is 1. The standard InChI is InChI=1S/C14H26N2O3/c1-13(2,3)7-10(9-15)12(19)16-14(5-4-6-14)8-11(17)18/h10H,4-9,15H2,1-3H3,(H,16,19)(H,17,18). The predicted molar refractivity (Wildman–Crippen MR) is 73.6 cm³/mol. The maximum absolute atomic E-state index is 12.3. The summed E-state index contributed by atoms with van der Waals surface area (Å²) in [6, 6.07) is 0. The Bertz CT molecular complexity index is 343. The number of nitrogens with one attached hydrogen (secondary N) is 1. The fraction of sp³-hybridized carbons (Fsp3) is 0.857. The SMILES string of the molecule is CC(C)(C)CC(CN)C(=O)NC1(CC(=O)O)CCC1. The van der Waals surface area contributed by atoms with Crippen molar-refractivity contribution in [1.29, 1.82) is 0 Å². The average Bonchev–Trinajstić information content (AvgIpc) is 2.20. The summed E-state index contributed by atoms with van der Waals surface area (Å²) < 4.78 is 0. The third kappa shape index (κ3) is 4.82. The second kappa shape index (κ2) is 5.90. The van der Waals surface area contributed by atoms with Crippen molar-refractivity contribution in [3.05, 3.63) is 0 Å². The maximum Gasteiger partial charge on any atom is 0.305 e. The average molecular weight is 270 g/mol. The molecule has 1 amide bonds. The number of rotatable bonds is 6. The fourth-order valence-electron chi connectivity index (χ4n) is 2.62. The van der Waals surface area contributed by atoms with E-state index < -0.39 is 11.5 Å². The van der Waals surface area contributed by atoms with Crippen molar-refractivity contribution in [2.75, 3.05) is 6.54 Å². The van der Waals surface area contributed by atoms with Gasteiger partial charge in [0, 0.05) is 6.54 Å². The van der Waals surface area contributed by atoms with E-state index in [9.17, 15) is 9.59 Å². The molecule has 0 bridgehead atoms. The number of amides is 1. The minimum absolute atomic E-state index is 0.00551. The molecule has 1 fully saturated rings. The Hall–Kier alpha value is -1.10. The van der Waals surface area contributed by atoms with Gasteiger partial charge in [0.15, 0.2) is 0 Å². The molecule has 0 aromatic rings. The van der Waals surface area contributed by atoms with E-state index in [2.05, 4.69) is 26.1 Å². The Kier molecular flexibility index (Phi) is 4.96.